The number of amides is 4. The van der Waals surface area contributed by atoms with Crippen molar-refractivity contribution in [1.82, 2.24) is 5.32 Å². The number of methoxy groups -OCH3 is 1. The minimum absolute atomic E-state index is 0.179. The SMILES string of the molecule is COC(=O)c1ccc(N2C(=O)NC(=O)/C(=C\c3ccc(OCc4ccc(Br)cc4)c(Cl)c3)C2=O)cc1. The molecule has 3 aromatic carbocycles. The number of urea groups is 1. The molecule has 0 aromatic heterocycles. The lowest BCUT2D eigenvalue weighted by Crippen LogP contribution is -2.54. The highest BCUT2D eigenvalue weighted by Gasteiger charge is 2.36. The number of hydrogen-bond donors (Lipinski definition) is 1. The molecule has 0 saturated carbocycles. The third kappa shape index (κ3) is 5.48. The normalized spacial score (nSPS) is 14.6. The number of imide groups is 2. The van der Waals surface area contributed by atoms with Gasteiger partial charge in [-0.2, -0.15) is 0 Å². The van der Waals surface area contributed by atoms with Gasteiger partial charge in [0.1, 0.15) is 17.9 Å². The van der Waals surface area contributed by atoms with Gasteiger partial charge in [-0.15, -0.1) is 0 Å². The standard InChI is InChI=1S/C26H18BrClN2O6/c1-35-25(33)17-5-9-19(10-6-17)30-24(32)20(23(31)29-26(30)34)12-16-4-11-22(21(28)13-16)36-14-15-2-7-18(27)8-3-15/h2-13H,14H2,1H3,(H,29,31,34)/b20-12+. The van der Waals surface area contributed by atoms with E-state index in [4.69, 9.17) is 16.3 Å². The van der Waals surface area contributed by atoms with Gasteiger partial charge >= 0.3 is 12.0 Å². The van der Waals surface area contributed by atoms with Crippen molar-refractivity contribution in [2.75, 3.05) is 12.0 Å². The second-order valence-electron chi connectivity index (χ2n) is 7.60. The summed E-state index contributed by atoms with van der Waals surface area (Å²) in [4.78, 5) is 50.4. The number of nitrogens with one attached hydrogen (secondary N) is 1. The van der Waals surface area contributed by atoms with Crippen LogP contribution in [0.4, 0.5) is 10.5 Å². The second kappa shape index (κ2) is 10.8. The van der Waals surface area contributed by atoms with Gasteiger partial charge in [0.15, 0.2) is 0 Å². The maximum absolute atomic E-state index is 13.1. The molecule has 10 heteroatoms. The molecule has 1 aliphatic rings. The van der Waals surface area contributed by atoms with E-state index in [9.17, 15) is 19.2 Å². The average Bonchev–Trinajstić information content (AvgIpc) is 2.87. The van der Waals surface area contributed by atoms with Crippen molar-refractivity contribution >= 4 is 63.1 Å². The highest BCUT2D eigenvalue weighted by atomic mass is 79.9. The molecule has 1 heterocycles. The van der Waals surface area contributed by atoms with Gasteiger partial charge in [0, 0.05) is 4.47 Å². The number of benzene rings is 3. The van der Waals surface area contributed by atoms with Crippen molar-refractivity contribution < 1.29 is 28.7 Å². The summed E-state index contributed by atoms with van der Waals surface area (Å²) in [6.07, 6.45) is 1.34. The summed E-state index contributed by atoms with van der Waals surface area (Å²) in [6.45, 7) is 0.306. The molecule has 36 heavy (non-hydrogen) atoms. The van der Waals surface area contributed by atoms with Crippen LogP contribution in [-0.4, -0.2) is 30.9 Å². The minimum Gasteiger partial charge on any atom is -0.487 e. The number of nitrogens with zero attached hydrogens (tertiary/aromatic N) is 1. The van der Waals surface area contributed by atoms with E-state index < -0.39 is 23.8 Å². The Morgan fingerprint density at radius 3 is 2.36 bits per heavy atom. The molecular weight excluding hydrogens is 552 g/mol. The molecule has 1 fully saturated rings. The fraction of sp³-hybridized carbons (Fsp3) is 0.0769. The minimum atomic E-state index is -0.900. The monoisotopic (exact) mass is 568 g/mol. The van der Waals surface area contributed by atoms with Gasteiger partial charge in [-0.3, -0.25) is 14.9 Å². The van der Waals surface area contributed by atoms with Crippen LogP contribution in [0.25, 0.3) is 6.08 Å². The van der Waals surface area contributed by atoms with E-state index in [0.29, 0.717) is 17.9 Å². The fourth-order valence-corrected chi connectivity index (χ4v) is 3.90. The Bertz CT molecular complexity index is 1390. The number of hydrogen-bond acceptors (Lipinski definition) is 6. The van der Waals surface area contributed by atoms with Crippen LogP contribution in [0.5, 0.6) is 5.75 Å². The number of rotatable bonds is 6. The molecule has 0 aliphatic carbocycles. The molecule has 1 N–H and O–H groups in total. The number of halogens is 2. The van der Waals surface area contributed by atoms with E-state index in [-0.39, 0.29) is 21.8 Å². The summed E-state index contributed by atoms with van der Waals surface area (Å²) in [6, 6.07) is 17.2. The molecule has 0 spiro atoms. The average molecular weight is 570 g/mol. The molecule has 0 unspecified atom stereocenters. The van der Waals surface area contributed by atoms with Crippen LogP contribution in [0.1, 0.15) is 21.5 Å². The predicted octanol–water partition coefficient (Wildman–Crippen LogP) is 5.13. The number of barbiturate groups is 1. The molecule has 0 radical (unpaired) electrons. The van der Waals surface area contributed by atoms with Gasteiger partial charge < -0.3 is 9.47 Å². The van der Waals surface area contributed by atoms with Gasteiger partial charge in [-0.1, -0.05) is 45.7 Å². The van der Waals surface area contributed by atoms with E-state index in [1.807, 2.05) is 24.3 Å². The van der Waals surface area contributed by atoms with Crippen molar-refractivity contribution in [2.24, 2.45) is 0 Å². The number of carbonyl (C=O) groups excluding carboxylic acids is 4. The summed E-state index contributed by atoms with van der Waals surface area (Å²) in [5.41, 5.74) is 1.58. The summed E-state index contributed by atoms with van der Waals surface area (Å²) >= 11 is 9.74. The molecule has 182 valence electrons. The molecule has 3 aromatic rings. The highest BCUT2D eigenvalue weighted by Crippen LogP contribution is 2.29. The van der Waals surface area contributed by atoms with Gasteiger partial charge in [0.2, 0.25) is 0 Å². The van der Waals surface area contributed by atoms with Crippen LogP contribution >= 0.6 is 27.5 Å². The molecule has 8 nitrogen and oxygen atoms in total. The van der Waals surface area contributed by atoms with Gasteiger partial charge in [0.05, 0.1) is 23.4 Å². The zero-order valence-electron chi connectivity index (χ0n) is 18.8. The summed E-state index contributed by atoms with van der Waals surface area (Å²) in [5, 5.41) is 2.44. The summed E-state index contributed by atoms with van der Waals surface area (Å²) in [5.74, 6) is -1.78. The third-order valence-electron chi connectivity index (χ3n) is 5.22. The van der Waals surface area contributed by atoms with E-state index in [0.717, 1.165) is 14.9 Å². The predicted molar refractivity (Wildman–Crippen MR) is 137 cm³/mol. The van der Waals surface area contributed by atoms with Crippen molar-refractivity contribution in [3.05, 3.63) is 98.5 Å². The quantitative estimate of drug-likeness (QED) is 0.251. The van der Waals surface area contributed by atoms with Crippen LogP contribution in [0.2, 0.25) is 5.02 Å². The maximum atomic E-state index is 13.1. The Hall–Kier alpha value is -3.95. The van der Waals surface area contributed by atoms with Crippen LogP contribution in [0, 0.1) is 0 Å². The van der Waals surface area contributed by atoms with Gasteiger partial charge in [0.25, 0.3) is 11.8 Å². The molecule has 1 saturated heterocycles. The Labute approximate surface area is 219 Å². The van der Waals surface area contributed by atoms with Crippen molar-refractivity contribution in [1.29, 1.82) is 0 Å². The number of ether oxygens (including phenoxy) is 2. The first-order valence-corrected chi connectivity index (χ1v) is 11.7. The van der Waals surface area contributed by atoms with Crippen LogP contribution in [0.15, 0.2) is 76.8 Å². The molecule has 0 atom stereocenters. The fourth-order valence-electron chi connectivity index (χ4n) is 3.39. The number of esters is 1. The lowest BCUT2D eigenvalue weighted by Gasteiger charge is -2.26. The summed E-state index contributed by atoms with van der Waals surface area (Å²) in [7, 11) is 1.24. The molecule has 0 bridgehead atoms. The smallest absolute Gasteiger partial charge is 0.337 e. The van der Waals surface area contributed by atoms with E-state index >= 15 is 0 Å². The lowest BCUT2D eigenvalue weighted by atomic mass is 10.1. The highest BCUT2D eigenvalue weighted by molar-refractivity contribution is 9.10. The number of anilines is 1. The van der Waals surface area contributed by atoms with Crippen molar-refractivity contribution in [3.63, 3.8) is 0 Å². The Morgan fingerprint density at radius 2 is 1.72 bits per heavy atom. The van der Waals surface area contributed by atoms with Crippen LogP contribution < -0.4 is 15.0 Å². The lowest BCUT2D eigenvalue weighted by molar-refractivity contribution is -0.122. The van der Waals surface area contributed by atoms with Gasteiger partial charge in [-0.25, -0.2) is 14.5 Å². The van der Waals surface area contributed by atoms with Crippen LogP contribution in [0.3, 0.4) is 0 Å². The second-order valence-corrected chi connectivity index (χ2v) is 8.92. The maximum Gasteiger partial charge on any atom is 0.337 e. The van der Waals surface area contributed by atoms with Crippen molar-refractivity contribution in [3.8, 4) is 5.75 Å². The van der Waals surface area contributed by atoms with Crippen molar-refractivity contribution in [2.45, 2.75) is 6.61 Å². The van der Waals surface area contributed by atoms with Crippen LogP contribution in [-0.2, 0) is 20.9 Å². The molecule has 4 amide bonds. The first-order chi connectivity index (χ1) is 17.3. The van der Waals surface area contributed by atoms with E-state index in [1.165, 1.54) is 37.5 Å². The molecule has 4 rings (SSSR count). The molecule has 1 aliphatic heterocycles. The van der Waals surface area contributed by atoms with Gasteiger partial charge in [-0.05, 0) is 65.7 Å². The van der Waals surface area contributed by atoms with E-state index in [1.54, 1.807) is 18.2 Å². The number of carbonyl (C=O) groups is 4. The zero-order chi connectivity index (χ0) is 25.8. The zero-order valence-corrected chi connectivity index (χ0v) is 21.1. The first kappa shape index (κ1) is 25.2. The largest absolute Gasteiger partial charge is 0.487 e. The Kier molecular flexibility index (Phi) is 7.52. The van der Waals surface area contributed by atoms with E-state index in [2.05, 4.69) is 26.0 Å². The molecular formula is C26H18BrClN2O6. The topological polar surface area (TPSA) is 102 Å². The Morgan fingerprint density at radius 1 is 1.03 bits per heavy atom. The Balaban J connectivity index is 1.54. The first-order valence-electron chi connectivity index (χ1n) is 10.5. The summed E-state index contributed by atoms with van der Waals surface area (Å²) < 4.78 is 11.4. The third-order valence-corrected chi connectivity index (χ3v) is 6.05.